The molecule has 204 valence electrons. The number of carbonyl (C=O) groups excluding carboxylic acids is 1. The molecule has 1 fully saturated rings. The Hall–Kier alpha value is -3.67. The normalized spacial score (nSPS) is 16.9. The molecule has 2 aliphatic carbocycles. The Labute approximate surface area is 230 Å². The van der Waals surface area contributed by atoms with Gasteiger partial charge in [0.2, 0.25) is 5.88 Å². The van der Waals surface area contributed by atoms with Gasteiger partial charge in [0.15, 0.2) is 0 Å². The molecule has 0 aliphatic heterocycles. The van der Waals surface area contributed by atoms with E-state index in [0.29, 0.717) is 30.4 Å². The summed E-state index contributed by atoms with van der Waals surface area (Å²) in [5, 5.41) is 0. The average Bonchev–Trinajstić information content (AvgIpc) is 3.72. The third-order valence-corrected chi connectivity index (χ3v) is 8.05. The molecule has 1 atom stereocenters. The number of esters is 1. The maximum Gasteiger partial charge on any atom is 0.306 e. The number of ether oxygens (including phenoxy) is 3. The van der Waals surface area contributed by atoms with Crippen LogP contribution in [0.2, 0.25) is 0 Å². The van der Waals surface area contributed by atoms with E-state index in [1.54, 1.807) is 6.07 Å². The van der Waals surface area contributed by atoms with Crippen molar-refractivity contribution >= 4 is 11.5 Å². The van der Waals surface area contributed by atoms with Gasteiger partial charge in [0, 0.05) is 11.6 Å². The van der Waals surface area contributed by atoms with Crippen LogP contribution in [0.1, 0.15) is 68.6 Å². The summed E-state index contributed by atoms with van der Waals surface area (Å²) < 4.78 is 31.5. The van der Waals surface area contributed by atoms with Crippen molar-refractivity contribution in [2.75, 3.05) is 14.2 Å². The summed E-state index contributed by atoms with van der Waals surface area (Å²) in [6.45, 7) is 4.84. The van der Waals surface area contributed by atoms with Crippen molar-refractivity contribution < 1.29 is 23.4 Å². The molecule has 1 saturated carbocycles. The number of pyridine rings is 1. The highest BCUT2D eigenvalue weighted by molar-refractivity contribution is 5.85. The summed E-state index contributed by atoms with van der Waals surface area (Å²) in [6.07, 6.45) is 8.18. The first kappa shape index (κ1) is 26.9. The topological polar surface area (TPSA) is 57.7 Å². The number of rotatable bonds is 10. The van der Waals surface area contributed by atoms with Crippen LogP contribution in [0, 0.1) is 17.2 Å². The van der Waals surface area contributed by atoms with E-state index in [9.17, 15) is 9.18 Å². The molecule has 0 radical (unpaired) electrons. The fourth-order valence-corrected chi connectivity index (χ4v) is 5.66. The van der Waals surface area contributed by atoms with E-state index < -0.39 is 0 Å². The first-order valence-electron chi connectivity index (χ1n) is 13.6. The standard InChI is InChI=1S/C33H36FNO4/c1-33(2)14-6-9-29(33)27-15-21(10-13-25(27)28-17-31(37-3)35-19-30(28)34)20-39-24-8-5-7-23(16-24)26(22-11-12-22)18-32(36)38-4/h5,7-10,13,15-17,19,22,26H,6,11-12,14,18,20H2,1-4H3. The SMILES string of the molecule is COC(=O)CC(c1cccc(OCc2ccc(-c3cc(OC)ncc3F)c(C3=CCCC3(C)C)c2)c1)C1CC1. The minimum Gasteiger partial charge on any atom is -0.489 e. The van der Waals surface area contributed by atoms with E-state index in [0.717, 1.165) is 53.7 Å². The van der Waals surface area contributed by atoms with Gasteiger partial charge >= 0.3 is 5.97 Å². The average molecular weight is 530 g/mol. The van der Waals surface area contributed by atoms with Gasteiger partial charge in [0.1, 0.15) is 18.2 Å². The van der Waals surface area contributed by atoms with E-state index >= 15 is 0 Å². The zero-order valence-electron chi connectivity index (χ0n) is 23.1. The number of hydrogen-bond donors (Lipinski definition) is 0. The minimum atomic E-state index is -0.383. The van der Waals surface area contributed by atoms with E-state index in [1.807, 2.05) is 30.3 Å². The Kier molecular flexibility index (Phi) is 7.74. The molecule has 6 heteroatoms. The maximum absolute atomic E-state index is 15.0. The van der Waals surface area contributed by atoms with E-state index in [-0.39, 0.29) is 23.1 Å². The fourth-order valence-electron chi connectivity index (χ4n) is 5.66. The van der Waals surface area contributed by atoms with Crippen LogP contribution in [0.25, 0.3) is 16.7 Å². The number of halogens is 1. The van der Waals surface area contributed by atoms with Crippen molar-refractivity contribution in [3.63, 3.8) is 0 Å². The molecule has 5 nitrogen and oxygen atoms in total. The molecule has 2 aliphatic rings. The number of allylic oxidation sites excluding steroid dienone is 2. The maximum atomic E-state index is 15.0. The second-order valence-corrected chi connectivity index (χ2v) is 11.2. The molecule has 0 amide bonds. The molecule has 0 saturated heterocycles. The summed E-state index contributed by atoms with van der Waals surface area (Å²) >= 11 is 0. The van der Waals surface area contributed by atoms with Crippen LogP contribution in [0.4, 0.5) is 4.39 Å². The monoisotopic (exact) mass is 529 g/mol. The fraction of sp³-hybridized carbons (Fsp3) is 0.394. The van der Waals surface area contributed by atoms with Crippen LogP contribution in [-0.2, 0) is 16.1 Å². The van der Waals surface area contributed by atoms with Crippen LogP contribution >= 0.6 is 0 Å². The van der Waals surface area contributed by atoms with Crippen LogP contribution in [0.3, 0.4) is 0 Å². The van der Waals surface area contributed by atoms with Gasteiger partial charge in [0.25, 0.3) is 0 Å². The molecular formula is C33H36FNO4. The number of hydrogen-bond acceptors (Lipinski definition) is 5. The lowest BCUT2D eigenvalue weighted by molar-refractivity contribution is -0.141. The highest BCUT2D eigenvalue weighted by Gasteiger charge is 2.34. The third kappa shape index (κ3) is 6.00. The predicted molar refractivity (Wildman–Crippen MR) is 150 cm³/mol. The molecule has 39 heavy (non-hydrogen) atoms. The molecule has 3 aromatic rings. The van der Waals surface area contributed by atoms with Crippen LogP contribution in [0.5, 0.6) is 11.6 Å². The molecule has 2 aromatic carbocycles. The molecule has 0 N–H and O–H groups in total. The minimum absolute atomic E-state index is 0.0202. The number of methoxy groups -OCH3 is 2. The van der Waals surface area contributed by atoms with Crippen LogP contribution in [0.15, 0.2) is 60.8 Å². The van der Waals surface area contributed by atoms with Gasteiger partial charge in [-0.25, -0.2) is 9.37 Å². The Morgan fingerprint density at radius 2 is 1.90 bits per heavy atom. The Balaban J connectivity index is 1.43. The summed E-state index contributed by atoms with van der Waals surface area (Å²) in [5.41, 5.74) is 5.59. The Morgan fingerprint density at radius 1 is 1.08 bits per heavy atom. The summed E-state index contributed by atoms with van der Waals surface area (Å²) in [7, 11) is 2.97. The van der Waals surface area contributed by atoms with Gasteiger partial charge in [0.05, 0.1) is 26.8 Å². The summed E-state index contributed by atoms with van der Waals surface area (Å²) in [4.78, 5) is 16.0. The van der Waals surface area contributed by atoms with E-state index in [2.05, 4.69) is 37.0 Å². The second-order valence-electron chi connectivity index (χ2n) is 11.2. The van der Waals surface area contributed by atoms with Crippen molar-refractivity contribution in [1.82, 2.24) is 4.98 Å². The number of carbonyl (C=O) groups is 1. The highest BCUT2D eigenvalue weighted by Crippen LogP contribution is 2.48. The number of aromatic nitrogens is 1. The zero-order chi connectivity index (χ0) is 27.6. The molecule has 1 unspecified atom stereocenters. The number of nitrogens with zero attached hydrogens (tertiary/aromatic N) is 1. The quantitative estimate of drug-likeness (QED) is 0.252. The van der Waals surface area contributed by atoms with Gasteiger partial charge in [-0.2, -0.15) is 0 Å². The lowest BCUT2D eigenvalue weighted by Gasteiger charge is -2.25. The van der Waals surface area contributed by atoms with Crippen LogP contribution < -0.4 is 9.47 Å². The number of benzene rings is 2. The molecule has 1 heterocycles. The third-order valence-electron chi connectivity index (χ3n) is 8.05. The first-order chi connectivity index (χ1) is 18.8. The van der Waals surface area contributed by atoms with Gasteiger partial charge < -0.3 is 14.2 Å². The summed E-state index contributed by atoms with van der Waals surface area (Å²) in [6, 6.07) is 15.8. The van der Waals surface area contributed by atoms with E-state index in [4.69, 9.17) is 14.2 Å². The van der Waals surface area contributed by atoms with Crippen molar-refractivity contribution in [2.24, 2.45) is 11.3 Å². The van der Waals surface area contributed by atoms with Crippen molar-refractivity contribution in [2.45, 2.75) is 58.5 Å². The van der Waals surface area contributed by atoms with Gasteiger partial charge in [-0.1, -0.05) is 44.2 Å². The summed E-state index contributed by atoms with van der Waals surface area (Å²) in [5.74, 6) is 1.24. The predicted octanol–water partition coefficient (Wildman–Crippen LogP) is 7.74. The van der Waals surface area contributed by atoms with Gasteiger partial charge in [-0.05, 0) is 89.0 Å². The second kappa shape index (κ2) is 11.2. The molecule has 5 rings (SSSR count). The zero-order valence-corrected chi connectivity index (χ0v) is 23.1. The lowest BCUT2D eigenvalue weighted by Crippen LogP contribution is -2.11. The van der Waals surface area contributed by atoms with Gasteiger partial charge in [-0.15, -0.1) is 0 Å². The van der Waals surface area contributed by atoms with Crippen molar-refractivity contribution in [1.29, 1.82) is 0 Å². The highest BCUT2D eigenvalue weighted by atomic mass is 19.1. The lowest BCUT2D eigenvalue weighted by atomic mass is 9.79. The van der Waals surface area contributed by atoms with Gasteiger partial charge in [-0.3, -0.25) is 4.79 Å². The largest absolute Gasteiger partial charge is 0.489 e. The van der Waals surface area contributed by atoms with E-state index in [1.165, 1.54) is 26.0 Å². The van der Waals surface area contributed by atoms with Crippen molar-refractivity contribution in [3.8, 4) is 22.8 Å². The molecule has 0 bridgehead atoms. The first-order valence-corrected chi connectivity index (χ1v) is 13.6. The van der Waals surface area contributed by atoms with Crippen LogP contribution in [-0.4, -0.2) is 25.2 Å². The van der Waals surface area contributed by atoms with Crippen molar-refractivity contribution in [3.05, 3.63) is 83.3 Å². The molecule has 0 spiro atoms. The Morgan fingerprint density at radius 3 is 2.59 bits per heavy atom. The Bertz CT molecular complexity index is 1390. The smallest absolute Gasteiger partial charge is 0.306 e. The molecule has 1 aromatic heterocycles. The molecular weight excluding hydrogens is 493 g/mol.